The molecular formula is C24H23F2N3O4. The number of H-pyrrole nitrogens is 1. The number of nitrogens with one attached hydrogen (secondary N) is 1. The fraction of sp³-hybridized carbons (Fsp3) is 0.250. The summed E-state index contributed by atoms with van der Waals surface area (Å²) in [6.45, 7) is 1.28. The van der Waals surface area contributed by atoms with Gasteiger partial charge in [0.2, 0.25) is 0 Å². The third kappa shape index (κ3) is 4.45. The molecule has 0 spiro atoms. The van der Waals surface area contributed by atoms with Crippen LogP contribution in [0.4, 0.5) is 14.6 Å². The first-order valence-corrected chi connectivity index (χ1v) is 10.4. The van der Waals surface area contributed by atoms with E-state index >= 15 is 0 Å². The molecule has 33 heavy (non-hydrogen) atoms. The maximum absolute atomic E-state index is 14.5. The van der Waals surface area contributed by atoms with Gasteiger partial charge in [0.15, 0.2) is 17.0 Å². The number of nitrogens with two attached hydrogens (primary N) is 1. The molecule has 0 aliphatic carbocycles. The second-order valence-electron chi connectivity index (χ2n) is 7.94. The zero-order chi connectivity index (χ0) is 23.7. The van der Waals surface area contributed by atoms with E-state index in [-0.39, 0.29) is 39.6 Å². The number of halogens is 2. The van der Waals surface area contributed by atoms with Crippen molar-refractivity contribution in [3.8, 4) is 28.1 Å². The highest BCUT2D eigenvalue weighted by Gasteiger charge is 2.22. The number of carbonyl (C=O) groups is 1. The number of pyridine rings is 1. The lowest BCUT2D eigenvalue weighted by molar-refractivity contribution is 0.0692. The molecule has 0 radical (unpaired) electrons. The van der Waals surface area contributed by atoms with Crippen LogP contribution in [0.3, 0.4) is 0 Å². The van der Waals surface area contributed by atoms with Crippen LogP contribution in [0.25, 0.3) is 22.4 Å². The Kier molecular flexibility index (Phi) is 6.15. The monoisotopic (exact) mass is 455 g/mol. The largest absolute Gasteiger partial charge is 0.494 e. The van der Waals surface area contributed by atoms with Gasteiger partial charge in [-0.3, -0.25) is 4.79 Å². The number of aromatic carboxylic acids is 1. The van der Waals surface area contributed by atoms with Crippen LogP contribution < -0.4 is 20.8 Å². The summed E-state index contributed by atoms with van der Waals surface area (Å²) in [6.07, 6.45) is 1.51. The minimum atomic E-state index is -1.40. The lowest BCUT2D eigenvalue weighted by atomic mass is 9.97. The third-order valence-electron chi connectivity index (χ3n) is 5.83. The Balaban J connectivity index is 1.90. The van der Waals surface area contributed by atoms with Gasteiger partial charge in [0.05, 0.1) is 23.9 Å². The highest BCUT2D eigenvalue weighted by Crippen LogP contribution is 2.33. The van der Waals surface area contributed by atoms with E-state index in [1.807, 2.05) is 4.90 Å². The Morgan fingerprint density at radius 2 is 1.76 bits per heavy atom. The number of carboxylic acid groups (broad SMARTS) is 1. The van der Waals surface area contributed by atoms with Gasteiger partial charge >= 0.3 is 5.97 Å². The molecule has 4 N–H and O–H groups in total. The van der Waals surface area contributed by atoms with Crippen molar-refractivity contribution in [2.24, 2.45) is 5.73 Å². The molecule has 0 bridgehead atoms. The molecule has 1 fully saturated rings. The van der Waals surface area contributed by atoms with Crippen molar-refractivity contribution in [2.45, 2.75) is 18.9 Å². The van der Waals surface area contributed by atoms with E-state index in [0.717, 1.165) is 25.0 Å². The molecule has 7 nitrogen and oxygen atoms in total. The van der Waals surface area contributed by atoms with Gasteiger partial charge in [0, 0.05) is 30.8 Å². The van der Waals surface area contributed by atoms with E-state index in [4.69, 9.17) is 15.6 Å². The number of methoxy groups -OCH3 is 1. The summed E-state index contributed by atoms with van der Waals surface area (Å²) < 4.78 is 33.9. The Morgan fingerprint density at radius 1 is 1.09 bits per heavy atom. The number of anilines is 1. The fourth-order valence-corrected chi connectivity index (χ4v) is 4.03. The maximum Gasteiger partial charge on any atom is 0.338 e. The summed E-state index contributed by atoms with van der Waals surface area (Å²) >= 11 is 0. The molecule has 1 aliphatic heterocycles. The lowest BCUT2D eigenvalue weighted by Crippen LogP contribution is -2.40. The van der Waals surface area contributed by atoms with E-state index in [0.29, 0.717) is 18.9 Å². The average Bonchev–Trinajstić information content (AvgIpc) is 2.78. The van der Waals surface area contributed by atoms with Gasteiger partial charge in [-0.25, -0.2) is 13.6 Å². The van der Waals surface area contributed by atoms with Crippen LogP contribution in [0.5, 0.6) is 5.75 Å². The summed E-state index contributed by atoms with van der Waals surface area (Å²) in [5.74, 6) is -2.44. The Morgan fingerprint density at radius 3 is 2.36 bits per heavy atom. The first-order valence-electron chi connectivity index (χ1n) is 10.4. The fourth-order valence-electron chi connectivity index (χ4n) is 4.03. The number of carboxylic acids is 1. The molecule has 2 aromatic carbocycles. The van der Waals surface area contributed by atoms with Crippen molar-refractivity contribution in [2.75, 3.05) is 25.1 Å². The predicted molar refractivity (Wildman–Crippen MR) is 121 cm³/mol. The molecule has 172 valence electrons. The molecule has 0 unspecified atom stereocenters. The molecular weight excluding hydrogens is 432 g/mol. The Hall–Kier alpha value is -3.72. The SMILES string of the molecule is COc1ccc(-c2c(-c3ccc(C(=O)O)c(F)c3)[nH]c(N3CCC(N)CC3)cc2=O)cc1F. The number of piperidine rings is 1. The summed E-state index contributed by atoms with van der Waals surface area (Å²) in [6, 6.07) is 9.24. The van der Waals surface area contributed by atoms with Crippen molar-refractivity contribution in [1.29, 1.82) is 0 Å². The average molecular weight is 455 g/mol. The number of nitrogens with zero attached hydrogens (tertiary/aromatic N) is 1. The van der Waals surface area contributed by atoms with Crippen molar-refractivity contribution >= 4 is 11.8 Å². The number of benzene rings is 2. The van der Waals surface area contributed by atoms with E-state index < -0.39 is 23.2 Å². The van der Waals surface area contributed by atoms with Crippen LogP contribution in [-0.4, -0.2) is 42.3 Å². The quantitative estimate of drug-likeness (QED) is 0.542. The summed E-state index contributed by atoms with van der Waals surface area (Å²) in [5, 5.41) is 9.15. The third-order valence-corrected chi connectivity index (χ3v) is 5.83. The van der Waals surface area contributed by atoms with Crippen LogP contribution in [0.15, 0.2) is 47.3 Å². The molecule has 0 amide bonds. The van der Waals surface area contributed by atoms with Crippen LogP contribution in [0.1, 0.15) is 23.2 Å². The number of rotatable bonds is 5. The summed E-state index contributed by atoms with van der Waals surface area (Å²) in [5.41, 5.74) is 6.04. The van der Waals surface area contributed by atoms with Gasteiger partial charge in [-0.2, -0.15) is 0 Å². The molecule has 2 heterocycles. The van der Waals surface area contributed by atoms with E-state index in [1.165, 1.54) is 37.4 Å². The number of aromatic amines is 1. The first-order chi connectivity index (χ1) is 15.8. The number of aromatic nitrogens is 1. The van der Waals surface area contributed by atoms with Crippen LogP contribution in [-0.2, 0) is 0 Å². The smallest absolute Gasteiger partial charge is 0.338 e. The minimum Gasteiger partial charge on any atom is -0.494 e. The van der Waals surface area contributed by atoms with Gasteiger partial charge < -0.3 is 25.5 Å². The van der Waals surface area contributed by atoms with Crippen molar-refractivity contribution in [3.05, 3.63) is 69.9 Å². The van der Waals surface area contributed by atoms with E-state index in [2.05, 4.69) is 4.98 Å². The molecule has 1 aromatic heterocycles. The van der Waals surface area contributed by atoms with E-state index in [1.54, 1.807) is 0 Å². The van der Waals surface area contributed by atoms with Crippen LogP contribution in [0, 0.1) is 11.6 Å². The summed E-state index contributed by atoms with van der Waals surface area (Å²) in [7, 11) is 1.34. The summed E-state index contributed by atoms with van der Waals surface area (Å²) in [4.78, 5) is 29.7. The highest BCUT2D eigenvalue weighted by atomic mass is 19.1. The van der Waals surface area contributed by atoms with Gasteiger partial charge in [-0.1, -0.05) is 12.1 Å². The van der Waals surface area contributed by atoms with Gasteiger partial charge in [-0.05, 0) is 42.7 Å². The van der Waals surface area contributed by atoms with Gasteiger partial charge in [0.25, 0.3) is 0 Å². The standard InChI is InChI=1S/C24H23F2N3O4/c1-33-20-5-3-13(10-18(20)26)22-19(30)12-21(29-8-6-15(27)7-9-29)28-23(22)14-2-4-16(24(31)32)17(25)11-14/h2-5,10-12,15H,6-9,27H2,1H3,(H,28,30)(H,31,32). The van der Waals surface area contributed by atoms with Crippen LogP contribution >= 0.6 is 0 Å². The van der Waals surface area contributed by atoms with E-state index in [9.17, 15) is 18.4 Å². The molecule has 1 saturated heterocycles. The Labute approximate surface area is 188 Å². The van der Waals surface area contributed by atoms with Crippen LogP contribution in [0.2, 0.25) is 0 Å². The predicted octanol–water partition coefficient (Wildman–Crippen LogP) is 3.62. The van der Waals surface area contributed by atoms with Gasteiger partial charge in [-0.15, -0.1) is 0 Å². The molecule has 4 rings (SSSR count). The van der Waals surface area contributed by atoms with Crippen molar-refractivity contribution in [1.82, 2.24) is 4.98 Å². The zero-order valence-corrected chi connectivity index (χ0v) is 17.9. The van der Waals surface area contributed by atoms with Gasteiger partial charge in [0.1, 0.15) is 11.6 Å². The normalized spacial score (nSPS) is 14.4. The van der Waals surface area contributed by atoms with Crippen molar-refractivity contribution < 1.29 is 23.4 Å². The zero-order valence-electron chi connectivity index (χ0n) is 17.9. The topological polar surface area (TPSA) is 109 Å². The molecule has 0 saturated carbocycles. The molecule has 0 atom stereocenters. The Bertz CT molecular complexity index is 1270. The second-order valence-corrected chi connectivity index (χ2v) is 7.94. The number of hydrogen-bond acceptors (Lipinski definition) is 5. The molecule has 1 aliphatic rings. The number of hydrogen-bond donors (Lipinski definition) is 3. The minimum absolute atomic E-state index is 0.0230. The lowest BCUT2D eigenvalue weighted by Gasteiger charge is -2.32. The molecule has 3 aromatic rings. The number of ether oxygens (including phenoxy) is 1. The molecule has 9 heteroatoms. The highest BCUT2D eigenvalue weighted by molar-refractivity contribution is 5.89. The first kappa shape index (κ1) is 22.5. The maximum atomic E-state index is 14.5. The van der Waals surface area contributed by atoms with Crippen molar-refractivity contribution in [3.63, 3.8) is 0 Å². The second kappa shape index (κ2) is 9.03.